The van der Waals surface area contributed by atoms with Gasteiger partial charge in [-0.15, -0.1) is 0 Å². The number of carboxylic acids is 1. The topological polar surface area (TPSA) is 63.1 Å². The zero-order valence-electron chi connectivity index (χ0n) is 9.01. The summed E-state index contributed by atoms with van der Waals surface area (Å²) in [5, 5.41) is 8.87. The molecule has 5 heteroatoms. The second-order valence-corrected chi connectivity index (χ2v) is 3.53. The van der Waals surface area contributed by atoms with E-state index in [1.165, 1.54) is 24.3 Å². The van der Waals surface area contributed by atoms with Gasteiger partial charge in [-0.2, -0.15) is 0 Å². The Balaban J connectivity index is 2.56. The molecule has 0 unspecified atom stereocenters. The van der Waals surface area contributed by atoms with Crippen LogP contribution in [0, 0.1) is 12.7 Å². The molecule has 17 heavy (non-hydrogen) atoms. The molecule has 1 N–H and O–H groups in total. The molecule has 0 saturated heterocycles. The van der Waals surface area contributed by atoms with E-state index in [1.807, 2.05) is 0 Å². The highest BCUT2D eigenvalue weighted by Gasteiger charge is 2.10. The average molecular weight is 232 g/mol. The van der Waals surface area contributed by atoms with Crippen molar-refractivity contribution in [3.05, 3.63) is 47.5 Å². The molecule has 0 aliphatic carbocycles. The summed E-state index contributed by atoms with van der Waals surface area (Å²) in [6, 6.07) is 7.09. The number of carboxylic acid groups (broad SMARTS) is 1. The van der Waals surface area contributed by atoms with E-state index in [2.05, 4.69) is 9.97 Å². The van der Waals surface area contributed by atoms with Gasteiger partial charge in [0.25, 0.3) is 0 Å². The van der Waals surface area contributed by atoms with Gasteiger partial charge in [0.1, 0.15) is 5.82 Å². The molecular weight excluding hydrogens is 223 g/mol. The van der Waals surface area contributed by atoms with Crippen LogP contribution in [-0.4, -0.2) is 21.0 Å². The molecule has 0 fully saturated rings. The molecule has 2 aromatic rings. The minimum Gasteiger partial charge on any atom is -0.477 e. The number of aromatic carboxylic acids is 1. The Bertz CT molecular complexity index is 584. The van der Waals surface area contributed by atoms with Crippen molar-refractivity contribution in [3.63, 3.8) is 0 Å². The SMILES string of the molecule is Cc1cc(C(=O)O)nc(-c2cccc(F)c2)n1. The molecule has 1 aromatic heterocycles. The molecule has 1 aromatic carbocycles. The van der Waals surface area contributed by atoms with Crippen molar-refractivity contribution in [2.45, 2.75) is 6.92 Å². The van der Waals surface area contributed by atoms with Crippen LogP contribution in [0.4, 0.5) is 4.39 Å². The predicted molar refractivity (Wildman–Crippen MR) is 59.1 cm³/mol. The number of benzene rings is 1. The lowest BCUT2D eigenvalue weighted by molar-refractivity contribution is 0.0690. The molecule has 1 heterocycles. The van der Waals surface area contributed by atoms with E-state index in [1.54, 1.807) is 13.0 Å². The maximum Gasteiger partial charge on any atom is 0.354 e. The van der Waals surface area contributed by atoms with Gasteiger partial charge in [-0.3, -0.25) is 0 Å². The van der Waals surface area contributed by atoms with Crippen LogP contribution in [0.25, 0.3) is 11.4 Å². The minimum atomic E-state index is -1.13. The minimum absolute atomic E-state index is 0.100. The molecule has 0 bridgehead atoms. The number of hydrogen-bond donors (Lipinski definition) is 1. The number of nitrogens with zero attached hydrogens (tertiary/aromatic N) is 2. The first-order chi connectivity index (χ1) is 8.06. The largest absolute Gasteiger partial charge is 0.477 e. The molecule has 0 radical (unpaired) electrons. The summed E-state index contributed by atoms with van der Waals surface area (Å²) in [6.07, 6.45) is 0. The average Bonchev–Trinajstić information content (AvgIpc) is 2.28. The fraction of sp³-hybridized carbons (Fsp3) is 0.0833. The summed E-state index contributed by atoms with van der Waals surface area (Å²) in [7, 11) is 0. The van der Waals surface area contributed by atoms with Crippen LogP contribution in [0.3, 0.4) is 0 Å². The lowest BCUT2D eigenvalue weighted by atomic mass is 10.2. The van der Waals surface area contributed by atoms with Gasteiger partial charge in [0.15, 0.2) is 11.5 Å². The van der Waals surface area contributed by atoms with Crippen molar-refractivity contribution in [3.8, 4) is 11.4 Å². The van der Waals surface area contributed by atoms with Crippen LogP contribution in [0.15, 0.2) is 30.3 Å². The van der Waals surface area contributed by atoms with E-state index in [0.717, 1.165) is 0 Å². The molecule has 0 spiro atoms. The molecular formula is C12H9FN2O2. The normalized spacial score (nSPS) is 10.2. The standard InChI is InChI=1S/C12H9FN2O2/c1-7-5-10(12(16)17)15-11(14-7)8-3-2-4-9(13)6-8/h2-6H,1H3,(H,16,17). The molecule has 0 atom stereocenters. The van der Waals surface area contributed by atoms with Gasteiger partial charge >= 0.3 is 5.97 Å². The summed E-state index contributed by atoms with van der Waals surface area (Å²) in [5.74, 6) is -1.33. The molecule has 0 saturated carbocycles. The second-order valence-electron chi connectivity index (χ2n) is 3.53. The zero-order valence-corrected chi connectivity index (χ0v) is 9.01. The Labute approximate surface area is 96.8 Å². The number of carbonyl (C=O) groups is 1. The monoisotopic (exact) mass is 232 g/mol. The van der Waals surface area contributed by atoms with E-state index in [4.69, 9.17) is 5.11 Å². The Hall–Kier alpha value is -2.30. The first-order valence-corrected chi connectivity index (χ1v) is 4.91. The van der Waals surface area contributed by atoms with Crippen LogP contribution in [0.2, 0.25) is 0 Å². The maximum atomic E-state index is 13.0. The summed E-state index contributed by atoms with van der Waals surface area (Å²) >= 11 is 0. The van der Waals surface area contributed by atoms with E-state index >= 15 is 0 Å². The van der Waals surface area contributed by atoms with Crippen LogP contribution in [-0.2, 0) is 0 Å². The number of rotatable bonds is 2. The highest BCUT2D eigenvalue weighted by Crippen LogP contribution is 2.16. The summed E-state index contributed by atoms with van der Waals surface area (Å²) < 4.78 is 13.0. The van der Waals surface area contributed by atoms with Crippen molar-refractivity contribution < 1.29 is 14.3 Å². The fourth-order valence-corrected chi connectivity index (χ4v) is 1.43. The van der Waals surface area contributed by atoms with E-state index in [0.29, 0.717) is 11.3 Å². The van der Waals surface area contributed by atoms with Crippen molar-refractivity contribution in [2.24, 2.45) is 0 Å². The summed E-state index contributed by atoms with van der Waals surface area (Å²) in [4.78, 5) is 18.8. The molecule has 86 valence electrons. The predicted octanol–water partition coefficient (Wildman–Crippen LogP) is 2.29. The van der Waals surface area contributed by atoms with Crippen molar-refractivity contribution in [1.82, 2.24) is 9.97 Å². The fourth-order valence-electron chi connectivity index (χ4n) is 1.43. The van der Waals surface area contributed by atoms with Gasteiger partial charge in [-0.25, -0.2) is 19.2 Å². The smallest absolute Gasteiger partial charge is 0.354 e. The highest BCUT2D eigenvalue weighted by molar-refractivity contribution is 5.86. The van der Waals surface area contributed by atoms with Crippen LogP contribution < -0.4 is 0 Å². The third kappa shape index (κ3) is 2.44. The maximum absolute atomic E-state index is 13.0. The van der Waals surface area contributed by atoms with Gasteiger partial charge in [-0.1, -0.05) is 12.1 Å². The van der Waals surface area contributed by atoms with Gasteiger partial charge < -0.3 is 5.11 Å². The van der Waals surface area contributed by atoms with Gasteiger partial charge in [0.2, 0.25) is 0 Å². The molecule has 2 rings (SSSR count). The van der Waals surface area contributed by atoms with E-state index in [9.17, 15) is 9.18 Å². The first-order valence-electron chi connectivity index (χ1n) is 4.91. The molecule has 4 nitrogen and oxygen atoms in total. The zero-order chi connectivity index (χ0) is 12.4. The third-order valence-corrected chi connectivity index (χ3v) is 2.16. The summed E-state index contributed by atoms with van der Waals surface area (Å²) in [6.45, 7) is 1.66. The number of hydrogen-bond acceptors (Lipinski definition) is 3. The Morgan fingerprint density at radius 3 is 2.71 bits per heavy atom. The van der Waals surface area contributed by atoms with E-state index in [-0.39, 0.29) is 11.5 Å². The van der Waals surface area contributed by atoms with Crippen molar-refractivity contribution >= 4 is 5.97 Å². The van der Waals surface area contributed by atoms with Crippen LogP contribution in [0.1, 0.15) is 16.2 Å². The number of aromatic nitrogens is 2. The van der Waals surface area contributed by atoms with Crippen molar-refractivity contribution in [2.75, 3.05) is 0 Å². The van der Waals surface area contributed by atoms with Gasteiger partial charge in [0, 0.05) is 11.3 Å². The Morgan fingerprint density at radius 1 is 1.29 bits per heavy atom. The number of aryl methyl sites for hydroxylation is 1. The lowest BCUT2D eigenvalue weighted by Gasteiger charge is -2.03. The molecule has 0 amide bonds. The van der Waals surface area contributed by atoms with Gasteiger partial charge in [0.05, 0.1) is 0 Å². The van der Waals surface area contributed by atoms with E-state index < -0.39 is 11.8 Å². The van der Waals surface area contributed by atoms with Gasteiger partial charge in [-0.05, 0) is 25.1 Å². The summed E-state index contributed by atoms with van der Waals surface area (Å²) in [5.41, 5.74) is 0.879. The Morgan fingerprint density at radius 2 is 2.06 bits per heavy atom. The Kier molecular flexibility index (Phi) is 2.82. The third-order valence-electron chi connectivity index (χ3n) is 2.16. The lowest BCUT2D eigenvalue weighted by Crippen LogP contribution is -2.04. The molecule has 0 aliphatic heterocycles. The quantitative estimate of drug-likeness (QED) is 0.862. The van der Waals surface area contributed by atoms with Crippen LogP contribution >= 0.6 is 0 Å². The number of halogens is 1. The van der Waals surface area contributed by atoms with Crippen molar-refractivity contribution in [1.29, 1.82) is 0 Å². The first kappa shape index (κ1) is 11.2. The second kappa shape index (κ2) is 4.29. The molecule has 0 aliphatic rings. The highest BCUT2D eigenvalue weighted by atomic mass is 19.1. The van der Waals surface area contributed by atoms with Crippen LogP contribution in [0.5, 0.6) is 0 Å².